The predicted octanol–water partition coefficient (Wildman–Crippen LogP) is 3.77. The lowest BCUT2D eigenvalue weighted by molar-refractivity contribution is 0.101. The zero-order valence-electron chi connectivity index (χ0n) is 9.82. The average molecular weight is 216 g/mol. The van der Waals surface area contributed by atoms with Crippen LogP contribution in [0.5, 0.6) is 5.75 Å². The number of rotatable bonds is 1. The molecule has 84 valence electrons. The number of hydrogen-bond acceptors (Lipinski definition) is 2. The third-order valence-corrected chi connectivity index (χ3v) is 2.24. The van der Waals surface area contributed by atoms with Crippen LogP contribution in [0.2, 0.25) is 0 Å². The Hall–Kier alpha value is -1.83. The predicted molar refractivity (Wildman–Crippen MR) is 67.0 cm³/mol. The molecule has 0 amide bonds. The fourth-order valence-electron chi connectivity index (χ4n) is 1.51. The molecule has 0 aliphatic carbocycles. The summed E-state index contributed by atoms with van der Waals surface area (Å²) in [5.74, 6) is -0.0653. The average Bonchev–Trinajstić information content (AvgIpc) is 2.30. The monoisotopic (exact) mass is 216 g/mol. The van der Waals surface area contributed by atoms with Gasteiger partial charge in [-0.15, -0.1) is 0 Å². The van der Waals surface area contributed by atoms with Crippen LogP contribution in [0.4, 0.5) is 0 Å². The van der Waals surface area contributed by atoms with Crippen LogP contribution in [-0.2, 0) is 0 Å². The van der Waals surface area contributed by atoms with Gasteiger partial charge in [0.1, 0.15) is 5.75 Å². The van der Waals surface area contributed by atoms with Crippen molar-refractivity contribution in [3.63, 3.8) is 0 Å². The summed E-state index contributed by atoms with van der Waals surface area (Å²) in [5.41, 5.74) is 0.378. The Bertz CT molecular complexity index is 501. The molecule has 0 fully saturated rings. The lowest BCUT2D eigenvalue weighted by Gasteiger charge is -2.03. The van der Waals surface area contributed by atoms with E-state index in [0.717, 1.165) is 10.8 Å². The standard InChI is InChI=1S/C12H10O2.C2H6/c1-8(13)11-6-9-4-2-3-5-10(9)7-12(11)14;1-2/h2-7,14H,1H3;1-2H3. The van der Waals surface area contributed by atoms with Crippen LogP contribution < -0.4 is 0 Å². The van der Waals surface area contributed by atoms with Gasteiger partial charge in [0.05, 0.1) is 5.56 Å². The van der Waals surface area contributed by atoms with Gasteiger partial charge in [0.2, 0.25) is 0 Å². The lowest BCUT2D eigenvalue weighted by atomic mass is 10.0. The van der Waals surface area contributed by atoms with Crippen LogP contribution in [0.3, 0.4) is 0 Å². The molecular formula is C14H16O2. The molecule has 1 N–H and O–H groups in total. The number of hydrogen-bond donors (Lipinski definition) is 1. The fourth-order valence-corrected chi connectivity index (χ4v) is 1.51. The molecule has 0 saturated heterocycles. The third-order valence-electron chi connectivity index (χ3n) is 2.24. The van der Waals surface area contributed by atoms with Crippen molar-refractivity contribution < 1.29 is 9.90 Å². The van der Waals surface area contributed by atoms with E-state index in [1.165, 1.54) is 6.92 Å². The summed E-state index contributed by atoms with van der Waals surface area (Å²) in [6.45, 7) is 5.45. The van der Waals surface area contributed by atoms with Crippen LogP contribution in [0.1, 0.15) is 31.1 Å². The van der Waals surface area contributed by atoms with E-state index in [1.54, 1.807) is 12.1 Å². The molecule has 0 spiro atoms. The molecule has 0 aliphatic rings. The van der Waals surface area contributed by atoms with Crippen molar-refractivity contribution in [2.45, 2.75) is 20.8 Å². The van der Waals surface area contributed by atoms with Crippen molar-refractivity contribution in [3.8, 4) is 5.75 Å². The smallest absolute Gasteiger partial charge is 0.163 e. The third kappa shape index (κ3) is 2.40. The number of ketones is 1. The van der Waals surface area contributed by atoms with E-state index in [4.69, 9.17) is 0 Å². The Kier molecular flexibility index (Phi) is 4.06. The first-order valence-corrected chi connectivity index (χ1v) is 5.41. The largest absolute Gasteiger partial charge is 0.507 e. The minimum Gasteiger partial charge on any atom is -0.507 e. The molecular weight excluding hydrogens is 200 g/mol. The van der Waals surface area contributed by atoms with E-state index in [0.29, 0.717) is 5.56 Å². The number of aromatic hydroxyl groups is 1. The Balaban J connectivity index is 0.000000606. The van der Waals surface area contributed by atoms with Crippen LogP contribution in [0, 0.1) is 0 Å². The van der Waals surface area contributed by atoms with Crippen molar-refractivity contribution >= 4 is 16.6 Å². The first kappa shape index (κ1) is 12.2. The molecule has 2 rings (SSSR count). The number of carbonyl (C=O) groups is 1. The number of Topliss-reactive ketones (excluding diaryl/α,β-unsaturated/α-hetero) is 1. The maximum Gasteiger partial charge on any atom is 0.163 e. The van der Waals surface area contributed by atoms with Gasteiger partial charge in [0, 0.05) is 0 Å². The van der Waals surface area contributed by atoms with Gasteiger partial charge < -0.3 is 5.11 Å². The van der Waals surface area contributed by atoms with E-state index in [9.17, 15) is 9.90 Å². The highest BCUT2D eigenvalue weighted by molar-refractivity contribution is 6.01. The molecule has 2 nitrogen and oxygen atoms in total. The van der Waals surface area contributed by atoms with E-state index < -0.39 is 0 Å². The molecule has 0 aliphatic heterocycles. The summed E-state index contributed by atoms with van der Waals surface area (Å²) in [7, 11) is 0. The minimum absolute atomic E-state index is 0.0520. The van der Waals surface area contributed by atoms with Gasteiger partial charge in [0.15, 0.2) is 5.78 Å². The van der Waals surface area contributed by atoms with E-state index in [1.807, 2.05) is 38.1 Å². The molecule has 0 unspecified atom stereocenters. The zero-order chi connectivity index (χ0) is 12.1. The van der Waals surface area contributed by atoms with Crippen molar-refractivity contribution in [1.82, 2.24) is 0 Å². The number of fused-ring (bicyclic) bond motifs is 1. The van der Waals surface area contributed by atoms with Gasteiger partial charge in [-0.25, -0.2) is 0 Å². The first-order valence-electron chi connectivity index (χ1n) is 5.41. The summed E-state index contributed by atoms with van der Waals surface area (Å²) in [5, 5.41) is 11.5. The Labute approximate surface area is 95.5 Å². The molecule has 0 saturated carbocycles. The normalized spacial score (nSPS) is 9.44. The maximum absolute atomic E-state index is 11.1. The van der Waals surface area contributed by atoms with Gasteiger partial charge in [-0.3, -0.25) is 4.79 Å². The molecule has 0 atom stereocenters. The van der Waals surface area contributed by atoms with E-state index in [-0.39, 0.29) is 11.5 Å². The maximum atomic E-state index is 11.1. The second kappa shape index (κ2) is 5.31. The second-order valence-corrected chi connectivity index (χ2v) is 3.27. The van der Waals surface area contributed by atoms with Crippen LogP contribution in [0.25, 0.3) is 10.8 Å². The fraction of sp³-hybridized carbons (Fsp3) is 0.214. The Morgan fingerprint density at radius 2 is 1.56 bits per heavy atom. The van der Waals surface area contributed by atoms with Gasteiger partial charge in [-0.05, 0) is 29.8 Å². The summed E-state index contributed by atoms with van der Waals surface area (Å²) >= 11 is 0. The van der Waals surface area contributed by atoms with Crippen LogP contribution in [0.15, 0.2) is 36.4 Å². The topological polar surface area (TPSA) is 37.3 Å². The van der Waals surface area contributed by atoms with Gasteiger partial charge in [-0.1, -0.05) is 38.1 Å². The highest BCUT2D eigenvalue weighted by Gasteiger charge is 2.07. The summed E-state index contributed by atoms with van der Waals surface area (Å²) in [6.07, 6.45) is 0. The molecule has 16 heavy (non-hydrogen) atoms. The summed E-state index contributed by atoms with van der Waals surface area (Å²) in [4.78, 5) is 11.1. The van der Waals surface area contributed by atoms with Crippen LogP contribution in [-0.4, -0.2) is 10.9 Å². The summed E-state index contributed by atoms with van der Waals surface area (Å²) in [6, 6.07) is 11.0. The highest BCUT2D eigenvalue weighted by Crippen LogP contribution is 2.24. The van der Waals surface area contributed by atoms with Crippen molar-refractivity contribution in [2.24, 2.45) is 0 Å². The van der Waals surface area contributed by atoms with E-state index >= 15 is 0 Å². The number of carbonyl (C=O) groups excluding carboxylic acids is 1. The minimum atomic E-state index is -0.117. The van der Waals surface area contributed by atoms with Gasteiger partial charge >= 0.3 is 0 Å². The molecule has 0 bridgehead atoms. The number of phenols is 1. The quantitative estimate of drug-likeness (QED) is 0.737. The van der Waals surface area contributed by atoms with Gasteiger partial charge in [0.25, 0.3) is 0 Å². The first-order chi connectivity index (χ1) is 7.68. The van der Waals surface area contributed by atoms with Crippen molar-refractivity contribution in [1.29, 1.82) is 0 Å². The molecule has 2 aromatic carbocycles. The molecule has 2 aromatic rings. The van der Waals surface area contributed by atoms with E-state index in [2.05, 4.69) is 0 Å². The molecule has 0 heterocycles. The lowest BCUT2D eigenvalue weighted by Crippen LogP contribution is -1.92. The number of phenolic OH excluding ortho intramolecular Hbond substituents is 1. The molecule has 2 heteroatoms. The SMILES string of the molecule is CC.CC(=O)c1cc2ccccc2cc1O. The van der Waals surface area contributed by atoms with Crippen molar-refractivity contribution in [3.05, 3.63) is 42.0 Å². The van der Waals surface area contributed by atoms with Crippen LogP contribution >= 0.6 is 0 Å². The Morgan fingerprint density at radius 3 is 2.06 bits per heavy atom. The zero-order valence-corrected chi connectivity index (χ0v) is 9.82. The Morgan fingerprint density at radius 1 is 1.06 bits per heavy atom. The number of benzene rings is 2. The second-order valence-electron chi connectivity index (χ2n) is 3.27. The summed E-state index contributed by atoms with van der Waals surface area (Å²) < 4.78 is 0. The molecule has 0 radical (unpaired) electrons. The van der Waals surface area contributed by atoms with Gasteiger partial charge in [-0.2, -0.15) is 0 Å². The van der Waals surface area contributed by atoms with Crippen molar-refractivity contribution in [2.75, 3.05) is 0 Å². The molecule has 0 aromatic heterocycles. The highest BCUT2D eigenvalue weighted by atomic mass is 16.3.